The van der Waals surface area contributed by atoms with Crippen LogP contribution in [0, 0.1) is 12.7 Å². The van der Waals surface area contributed by atoms with E-state index in [9.17, 15) is 4.39 Å². The third-order valence-electron chi connectivity index (χ3n) is 3.73. The smallest absolute Gasteiger partial charge is 0.134 e. The summed E-state index contributed by atoms with van der Waals surface area (Å²) in [5, 5.41) is 12.3. The zero-order valence-electron chi connectivity index (χ0n) is 12.5. The molecular weight excluding hydrogens is 269 g/mol. The number of hydrogen-bond donors (Lipinski definition) is 2. The zero-order valence-corrected chi connectivity index (χ0v) is 12.5. The van der Waals surface area contributed by atoms with Crippen molar-refractivity contribution in [3.63, 3.8) is 0 Å². The molecule has 2 aromatic rings. The van der Waals surface area contributed by atoms with Gasteiger partial charge < -0.3 is 14.8 Å². The summed E-state index contributed by atoms with van der Waals surface area (Å²) in [6, 6.07) is 9.04. The fraction of sp³-hybridized carbons (Fsp3) is 0.412. The van der Waals surface area contributed by atoms with Crippen LogP contribution < -0.4 is 5.32 Å². The molecule has 114 valence electrons. The van der Waals surface area contributed by atoms with Crippen LogP contribution in [0.4, 0.5) is 4.39 Å². The average molecular weight is 291 g/mol. The Balaban J connectivity index is 2.06. The number of benzene rings is 1. The predicted octanol–water partition coefficient (Wildman–Crippen LogP) is 3.64. The highest BCUT2D eigenvalue weighted by Gasteiger charge is 2.11. The quantitative estimate of drug-likeness (QED) is 0.818. The molecule has 2 rings (SSSR count). The summed E-state index contributed by atoms with van der Waals surface area (Å²) in [5.41, 5.74) is 1.38. The molecule has 1 aromatic heterocycles. The number of halogens is 1. The highest BCUT2D eigenvalue weighted by Crippen LogP contribution is 2.27. The van der Waals surface area contributed by atoms with Gasteiger partial charge in [-0.25, -0.2) is 4.39 Å². The minimum Gasteiger partial charge on any atom is -0.460 e. The molecule has 0 aliphatic rings. The van der Waals surface area contributed by atoms with Crippen molar-refractivity contribution < 1.29 is 13.9 Å². The first-order valence-corrected chi connectivity index (χ1v) is 7.34. The van der Waals surface area contributed by atoms with Gasteiger partial charge in [-0.2, -0.15) is 0 Å². The lowest BCUT2D eigenvalue weighted by Crippen LogP contribution is -2.28. The molecule has 0 saturated carbocycles. The summed E-state index contributed by atoms with van der Waals surface area (Å²) in [4.78, 5) is 0. The number of furan rings is 1. The second-order valence-corrected chi connectivity index (χ2v) is 5.18. The first-order chi connectivity index (χ1) is 10.2. The summed E-state index contributed by atoms with van der Waals surface area (Å²) in [6.07, 6.45) is 1.68. The molecule has 0 aliphatic carbocycles. The second kappa shape index (κ2) is 7.38. The molecule has 1 aromatic carbocycles. The van der Waals surface area contributed by atoms with Crippen molar-refractivity contribution in [2.45, 2.75) is 39.3 Å². The number of aliphatic hydroxyl groups excluding tert-OH is 1. The van der Waals surface area contributed by atoms with Crippen molar-refractivity contribution in [1.82, 2.24) is 5.32 Å². The molecule has 0 spiro atoms. The second-order valence-electron chi connectivity index (χ2n) is 5.18. The van der Waals surface area contributed by atoms with Crippen molar-refractivity contribution in [3.05, 3.63) is 47.5 Å². The Bertz CT molecular complexity index is 580. The molecule has 2 N–H and O–H groups in total. The molecule has 1 atom stereocenters. The molecule has 4 heteroatoms. The van der Waals surface area contributed by atoms with E-state index in [1.54, 1.807) is 13.0 Å². The average Bonchev–Trinajstić information content (AvgIpc) is 2.95. The van der Waals surface area contributed by atoms with E-state index >= 15 is 0 Å². The summed E-state index contributed by atoms with van der Waals surface area (Å²) >= 11 is 0. The number of nitrogens with one attached hydrogen (secondary N) is 1. The molecule has 0 saturated heterocycles. The van der Waals surface area contributed by atoms with E-state index in [1.165, 1.54) is 6.07 Å². The Morgan fingerprint density at radius 2 is 2.10 bits per heavy atom. The maximum absolute atomic E-state index is 13.6. The standard InChI is InChI=1S/C17H22FNO2/c1-3-13(9-10-20)19-11-14-7-8-17(21-14)15-5-4-6-16(18)12(15)2/h4-8,13,19-20H,3,9-11H2,1-2H3/t13-/m0/s1. The molecule has 3 nitrogen and oxygen atoms in total. The predicted molar refractivity (Wildman–Crippen MR) is 81.5 cm³/mol. The Morgan fingerprint density at radius 3 is 2.81 bits per heavy atom. The zero-order chi connectivity index (χ0) is 15.2. The van der Waals surface area contributed by atoms with Gasteiger partial charge in [0.1, 0.15) is 17.3 Å². The molecule has 21 heavy (non-hydrogen) atoms. The van der Waals surface area contributed by atoms with Crippen LogP contribution >= 0.6 is 0 Å². The Morgan fingerprint density at radius 1 is 1.29 bits per heavy atom. The van der Waals surface area contributed by atoms with Gasteiger partial charge in [-0.15, -0.1) is 0 Å². The molecule has 0 bridgehead atoms. The Labute approximate surface area is 124 Å². The van der Waals surface area contributed by atoms with Crippen LogP contribution in [0.15, 0.2) is 34.7 Å². The minimum atomic E-state index is -0.224. The highest BCUT2D eigenvalue weighted by molar-refractivity contribution is 5.62. The van der Waals surface area contributed by atoms with Gasteiger partial charge in [0.05, 0.1) is 6.54 Å². The highest BCUT2D eigenvalue weighted by atomic mass is 19.1. The normalized spacial score (nSPS) is 12.6. The van der Waals surface area contributed by atoms with Gasteiger partial charge in [0.2, 0.25) is 0 Å². The lowest BCUT2D eigenvalue weighted by Gasteiger charge is -2.14. The summed E-state index contributed by atoms with van der Waals surface area (Å²) < 4.78 is 19.4. The van der Waals surface area contributed by atoms with E-state index in [2.05, 4.69) is 12.2 Å². The molecule has 0 radical (unpaired) electrons. The van der Waals surface area contributed by atoms with Crippen LogP contribution in [0.2, 0.25) is 0 Å². The number of aliphatic hydroxyl groups is 1. The van der Waals surface area contributed by atoms with Crippen LogP contribution in [0.25, 0.3) is 11.3 Å². The van der Waals surface area contributed by atoms with Crippen LogP contribution in [0.1, 0.15) is 31.1 Å². The summed E-state index contributed by atoms with van der Waals surface area (Å²) in [5.74, 6) is 1.27. The van der Waals surface area contributed by atoms with Gasteiger partial charge >= 0.3 is 0 Å². The fourth-order valence-electron chi connectivity index (χ4n) is 2.34. The first kappa shape index (κ1) is 15.7. The van der Waals surface area contributed by atoms with E-state index in [4.69, 9.17) is 9.52 Å². The molecule has 1 heterocycles. The Kier molecular flexibility index (Phi) is 5.53. The van der Waals surface area contributed by atoms with E-state index < -0.39 is 0 Å². The molecule has 0 unspecified atom stereocenters. The largest absolute Gasteiger partial charge is 0.460 e. The van der Waals surface area contributed by atoms with Crippen molar-refractivity contribution in [2.24, 2.45) is 0 Å². The first-order valence-electron chi connectivity index (χ1n) is 7.34. The molecule has 0 amide bonds. The van der Waals surface area contributed by atoms with E-state index in [0.717, 1.165) is 24.2 Å². The minimum absolute atomic E-state index is 0.178. The lowest BCUT2D eigenvalue weighted by molar-refractivity contribution is 0.260. The van der Waals surface area contributed by atoms with Gasteiger partial charge in [0.25, 0.3) is 0 Å². The topological polar surface area (TPSA) is 45.4 Å². The Hall–Kier alpha value is -1.65. The maximum atomic E-state index is 13.6. The van der Waals surface area contributed by atoms with Gasteiger partial charge in [0.15, 0.2) is 0 Å². The number of rotatable bonds is 7. The van der Waals surface area contributed by atoms with Crippen molar-refractivity contribution >= 4 is 0 Å². The van der Waals surface area contributed by atoms with Gasteiger partial charge in [0, 0.05) is 18.2 Å². The van der Waals surface area contributed by atoms with Crippen LogP contribution in [0.3, 0.4) is 0 Å². The SMILES string of the molecule is CC[C@@H](CCO)NCc1ccc(-c2cccc(F)c2C)o1. The third-order valence-corrected chi connectivity index (χ3v) is 3.73. The van der Waals surface area contributed by atoms with Crippen LogP contribution in [-0.2, 0) is 6.54 Å². The molecular formula is C17H22FNO2. The molecule has 0 aliphatic heterocycles. The van der Waals surface area contributed by atoms with Crippen LogP contribution in [0.5, 0.6) is 0 Å². The van der Waals surface area contributed by atoms with E-state index in [1.807, 2.05) is 18.2 Å². The number of hydrogen-bond acceptors (Lipinski definition) is 3. The summed E-state index contributed by atoms with van der Waals surface area (Å²) in [6.45, 7) is 4.61. The lowest BCUT2D eigenvalue weighted by atomic mass is 10.1. The van der Waals surface area contributed by atoms with Crippen LogP contribution in [-0.4, -0.2) is 17.8 Å². The maximum Gasteiger partial charge on any atom is 0.134 e. The fourth-order valence-corrected chi connectivity index (χ4v) is 2.34. The van der Waals surface area contributed by atoms with Gasteiger partial charge in [-0.3, -0.25) is 0 Å². The molecule has 0 fully saturated rings. The van der Waals surface area contributed by atoms with Gasteiger partial charge in [-0.1, -0.05) is 19.1 Å². The van der Waals surface area contributed by atoms with Crippen molar-refractivity contribution in [1.29, 1.82) is 0 Å². The third kappa shape index (κ3) is 3.93. The van der Waals surface area contributed by atoms with Crippen molar-refractivity contribution in [3.8, 4) is 11.3 Å². The van der Waals surface area contributed by atoms with Crippen molar-refractivity contribution in [2.75, 3.05) is 6.61 Å². The summed E-state index contributed by atoms with van der Waals surface area (Å²) in [7, 11) is 0. The van der Waals surface area contributed by atoms with E-state index in [0.29, 0.717) is 17.9 Å². The monoisotopic (exact) mass is 291 g/mol. The van der Waals surface area contributed by atoms with E-state index in [-0.39, 0.29) is 18.5 Å². The van der Waals surface area contributed by atoms with Gasteiger partial charge in [-0.05, 0) is 43.5 Å².